The van der Waals surface area contributed by atoms with Crippen LogP contribution in [-0.2, 0) is 25.6 Å². The normalized spacial score (nSPS) is 15.8. The van der Waals surface area contributed by atoms with Gasteiger partial charge in [0.05, 0.1) is 42.7 Å². The number of rotatable bonds is 5. The highest BCUT2D eigenvalue weighted by Crippen LogP contribution is 2.30. The van der Waals surface area contributed by atoms with Gasteiger partial charge in [-0.25, -0.2) is 9.59 Å². The monoisotopic (exact) mass is 335 g/mol. The summed E-state index contributed by atoms with van der Waals surface area (Å²) in [4.78, 5) is 36.5. The molecule has 0 aromatic heterocycles. The van der Waals surface area contributed by atoms with E-state index < -0.39 is 11.9 Å². The summed E-state index contributed by atoms with van der Waals surface area (Å²) in [7, 11) is 1.32. The standard InChI is InChI=1S/C16H17NO5S/c1-3-22-15(19)8-14-17(13(18)10-23-14)9-11-4-6-12(7-5-11)16(20)21-2/h4-8H,3,9-10H2,1-2H3/b14-8-. The number of hydrogen-bond acceptors (Lipinski definition) is 6. The Morgan fingerprint density at radius 1 is 1.30 bits per heavy atom. The Hall–Kier alpha value is -2.28. The fraction of sp³-hybridized carbons (Fsp3) is 0.312. The summed E-state index contributed by atoms with van der Waals surface area (Å²) in [5.74, 6) is -0.642. The Balaban J connectivity index is 2.11. The third kappa shape index (κ3) is 4.35. The number of thioether (sulfide) groups is 1. The quantitative estimate of drug-likeness (QED) is 0.605. The van der Waals surface area contributed by atoms with E-state index in [0.717, 1.165) is 5.56 Å². The van der Waals surface area contributed by atoms with Crippen molar-refractivity contribution in [3.63, 3.8) is 0 Å². The maximum Gasteiger partial charge on any atom is 0.337 e. The molecule has 0 saturated carbocycles. The molecule has 0 bridgehead atoms. The van der Waals surface area contributed by atoms with E-state index in [-0.39, 0.29) is 12.5 Å². The molecule has 1 saturated heterocycles. The van der Waals surface area contributed by atoms with Gasteiger partial charge in [-0.15, -0.1) is 0 Å². The minimum atomic E-state index is -0.462. The summed E-state index contributed by atoms with van der Waals surface area (Å²) in [5, 5.41) is 0.575. The maximum atomic E-state index is 12.0. The lowest BCUT2D eigenvalue weighted by atomic mass is 10.1. The second kappa shape index (κ2) is 7.82. The first kappa shape index (κ1) is 17.1. The first-order chi connectivity index (χ1) is 11.0. The molecular formula is C16H17NO5S. The van der Waals surface area contributed by atoms with Crippen LogP contribution < -0.4 is 0 Å². The van der Waals surface area contributed by atoms with Gasteiger partial charge >= 0.3 is 11.9 Å². The molecule has 7 heteroatoms. The molecule has 1 aromatic carbocycles. The molecule has 0 aliphatic carbocycles. The van der Waals surface area contributed by atoms with Crippen molar-refractivity contribution >= 4 is 29.6 Å². The molecule has 122 valence electrons. The molecule has 0 spiro atoms. The summed E-state index contributed by atoms with van der Waals surface area (Å²) >= 11 is 1.31. The molecule has 0 N–H and O–H groups in total. The van der Waals surface area contributed by atoms with Crippen LogP contribution in [0.25, 0.3) is 0 Å². The van der Waals surface area contributed by atoms with Crippen LogP contribution in [0.4, 0.5) is 0 Å². The number of methoxy groups -OCH3 is 1. The highest BCUT2D eigenvalue weighted by Gasteiger charge is 2.27. The van der Waals surface area contributed by atoms with Gasteiger partial charge in [-0.2, -0.15) is 0 Å². The van der Waals surface area contributed by atoms with Gasteiger partial charge in [0.15, 0.2) is 0 Å². The third-order valence-electron chi connectivity index (χ3n) is 3.15. The van der Waals surface area contributed by atoms with Crippen molar-refractivity contribution in [3.05, 3.63) is 46.5 Å². The van der Waals surface area contributed by atoms with Gasteiger partial charge in [-0.1, -0.05) is 23.9 Å². The largest absolute Gasteiger partial charge is 0.465 e. The van der Waals surface area contributed by atoms with Gasteiger partial charge in [0, 0.05) is 0 Å². The van der Waals surface area contributed by atoms with Crippen molar-refractivity contribution in [1.82, 2.24) is 4.90 Å². The topological polar surface area (TPSA) is 72.9 Å². The number of amides is 1. The van der Waals surface area contributed by atoms with E-state index in [0.29, 0.717) is 22.9 Å². The maximum absolute atomic E-state index is 12.0. The zero-order valence-corrected chi connectivity index (χ0v) is 13.7. The zero-order valence-electron chi connectivity index (χ0n) is 12.9. The predicted octanol–water partition coefficient (Wildman–Crippen LogP) is 1.95. The van der Waals surface area contributed by atoms with E-state index in [9.17, 15) is 14.4 Å². The average Bonchev–Trinajstić information content (AvgIpc) is 2.88. The first-order valence-corrected chi connectivity index (χ1v) is 8.02. The van der Waals surface area contributed by atoms with Crippen molar-refractivity contribution in [1.29, 1.82) is 0 Å². The minimum absolute atomic E-state index is 0.0670. The van der Waals surface area contributed by atoms with Gasteiger partial charge in [0.25, 0.3) is 0 Å². The molecule has 0 radical (unpaired) electrons. The molecule has 2 rings (SSSR count). The Labute approximate surface area is 138 Å². The summed E-state index contributed by atoms with van der Waals surface area (Å²) in [5.41, 5.74) is 1.30. The molecule has 0 unspecified atom stereocenters. The number of esters is 2. The van der Waals surface area contributed by atoms with E-state index in [1.165, 1.54) is 29.8 Å². The van der Waals surface area contributed by atoms with Crippen LogP contribution in [0.5, 0.6) is 0 Å². The van der Waals surface area contributed by atoms with E-state index in [1.807, 2.05) is 0 Å². The second-order valence-corrected chi connectivity index (χ2v) is 5.69. The van der Waals surface area contributed by atoms with Crippen molar-refractivity contribution in [3.8, 4) is 0 Å². The molecule has 1 aromatic rings. The lowest BCUT2D eigenvalue weighted by molar-refractivity contribution is -0.137. The summed E-state index contributed by atoms with van der Waals surface area (Å²) < 4.78 is 9.52. The van der Waals surface area contributed by atoms with Crippen LogP contribution in [0, 0.1) is 0 Å². The number of ether oxygens (including phenoxy) is 2. The Morgan fingerprint density at radius 2 is 2.00 bits per heavy atom. The van der Waals surface area contributed by atoms with Crippen LogP contribution >= 0.6 is 11.8 Å². The van der Waals surface area contributed by atoms with Crippen LogP contribution in [0.1, 0.15) is 22.8 Å². The smallest absolute Gasteiger partial charge is 0.337 e. The summed E-state index contributed by atoms with van der Waals surface area (Å²) in [6, 6.07) is 6.79. The first-order valence-electron chi connectivity index (χ1n) is 7.04. The van der Waals surface area contributed by atoms with Crippen LogP contribution in [0.3, 0.4) is 0 Å². The average molecular weight is 335 g/mol. The minimum Gasteiger partial charge on any atom is -0.465 e. The molecule has 6 nitrogen and oxygen atoms in total. The zero-order chi connectivity index (χ0) is 16.8. The van der Waals surface area contributed by atoms with Crippen LogP contribution in [-0.4, -0.2) is 42.2 Å². The lowest BCUT2D eigenvalue weighted by Gasteiger charge is -2.17. The number of carbonyl (C=O) groups excluding carboxylic acids is 3. The summed E-state index contributed by atoms with van der Waals surface area (Å²) in [6.45, 7) is 2.35. The van der Waals surface area contributed by atoms with Gasteiger partial charge in [0.1, 0.15) is 0 Å². The van der Waals surface area contributed by atoms with E-state index in [1.54, 1.807) is 31.2 Å². The molecule has 1 aliphatic rings. The Bertz CT molecular complexity index is 638. The van der Waals surface area contributed by atoms with Crippen molar-refractivity contribution < 1.29 is 23.9 Å². The van der Waals surface area contributed by atoms with Crippen molar-refractivity contribution in [2.75, 3.05) is 19.5 Å². The van der Waals surface area contributed by atoms with E-state index >= 15 is 0 Å². The molecular weight excluding hydrogens is 318 g/mol. The number of carbonyl (C=O) groups is 3. The van der Waals surface area contributed by atoms with E-state index in [2.05, 4.69) is 4.74 Å². The second-order valence-electron chi connectivity index (χ2n) is 4.69. The third-order valence-corrected chi connectivity index (χ3v) is 4.18. The highest BCUT2D eigenvalue weighted by atomic mass is 32.2. The van der Waals surface area contributed by atoms with Crippen LogP contribution in [0.2, 0.25) is 0 Å². The van der Waals surface area contributed by atoms with Gasteiger partial charge in [-0.05, 0) is 24.6 Å². The van der Waals surface area contributed by atoms with Gasteiger partial charge < -0.3 is 14.4 Å². The fourth-order valence-corrected chi connectivity index (χ4v) is 2.96. The van der Waals surface area contributed by atoms with Crippen molar-refractivity contribution in [2.45, 2.75) is 13.5 Å². The number of benzene rings is 1. The molecule has 1 heterocycles. The van der Waals surface area contributed by atoms with Crippen LogP contribution in [0.15, 0.2) is 35.4 Å². The highest BCUT2D eigenvalue weighted by molar-refractivity contribution is 8.04. The summed E-state index contributed by atoms with van der Waals surface area (Å²) in [6.07, 6.45) is 1.34. The van der Waals surface area contributed by atoms with Gasteiger partial charge in [0.2, 0.25) is 5.91 Å². The lowest BCUT2D eigenvalue weighted by Crippen LogP contribution is -2.24. The Morgan fingerprint density at radius 3 is 2.61 bits per heavy atom. The van der Waals surface area contributed by atoms with Crippen molar-refractivity contribution in [2.24, 2.45) is 0 Å². The number of nitrogens with zero attached hydrogens (tertiary/aromatic N) is 1. The molecule has 23 heavy (non-hydrogen) atoms. The number of hydrogen-bond donors (Lipinski definition) is 0. The van der Waals surface area contributed by atoms with E-state index in [4.69, 9.17) is 4.74 Å². The molecule has 1 aliphatic heterocycles. The molecule has 0 atom stereocenters. The SMILES string of the molecule is CCOC(=O)/C=C1\SCC(=O)N1Cc1ccc(C(=O)OC)cc1. The predicted molar refractivity (Wildman–Crippen MR) is 85.5 cm³/mol. The Kier molecular flexibility index (Phi) is 5.81. The molecule has 1 amide bonds. The molecule has 1 fully saturated rings. The fourth-order valence-electron chi connectivity index (χ4n) is 2.03. The van der Waals surface area contributed by atoms with Gasteiger partial charge in [-0.3, -0.25) is 4.79 Å².